The maximum Gasteiger partial charge on any atom is 0.133 e. The number of carbonyl (C=O) groups is 1. The molecule has 0 spiro atoms. The van der Waals surface area contributed by atoms with E-state index >= 15 is 0 Å². The molecule has 1 aliphatic carbocycles. The summed E-state index contributed by atoms with van der Waals surface area (Å²) < 4.78 is 1.13. The Bertz CT molecular complexity index is 197. The number of quaternary nitrogens is 1. The summed E-state index contributed by atoms with van der Waals surface area (Å²) in [6.07, 6.45) is 3.03. The van der Waals surface area contributed by atoms with Gasteiger partial charge in [-0.3, -0.25) is 4.79 Å². The maximum atomic E-state index is 11.3. The lowest BCUT2D eigenvalue weighted by atomic mass is 9.76. The number of hydrogen-bond donors (Lipinski definition) is 0. The second-order valence-corrected chi connectivity index (χ2v) is 5.22. The number of likely N-dealkylation sites (tertiary alicyclic amines) is 1. The van der Waals surface area contributed by atoms with Crippen molar-refractivity contribution in [2.75, 3.05) is 27.2 Å². The quantitative estimate of drug-likeness (QED) is 0.376. The van der Waals surface area contributed by atoms with Crippen LogP contribution in [-0.4, -0.2) is 37.5 Å². The molecule has 2 fully saturated rings. The van der Waals surface area contributed by atoms with Gasteiger partial charge in [0, 0.05) is 24.7 Å². The number of halogens is 1. The highest BCUT2D eigenvalue weighted by Gasteiger charge is 2.39. The van der Waals surface area contributed by atoms with Crippen LogP contribution in [0.25, 0.3) is 0 Å². The second kappa shape index (κ2) is 3.85. The van der Waals surface area contributed by atoms with Crippen LogP contribution in [0.1, 0.15) is 19.3 Å². The smallest absolute Gasteiger partial charge is 0.133 e. The van der Waals surface area contributed by atoms with Crippen molar-refractivity contribution >= 4 is 5.78 Å². The molecule has 2 rings (SSSR count). The number of hydrogen-bond acceptors (Lipinski definition) is 1. The van der Waals surface area contributed by atoms with Gasteiger partial charge in [-0.15, -0.1) is 0 Å². The van der Waals surface area contributed by atoms with E-state index < -0.39 is 0 Å². The molecule has 0 unspecified atom stereocenters. The third-order valence-corrected chi connectivity index (χ3v) is 3.20. The van der Waals surface area contributed by atoms with E-state index in [0.29, 0.717) is 17.6 Å². The summed E-state index contributed by atoms with van der Waals surface area (Å²) in [6, 6.07) is 0. The van der Waals surface area contributed by atoms with Gasteiger partial charge in [-0.2, -0.15) is 0 Å². The molecule has 2 nitrogen and oxygen atoms in total. The van der Waals surface area contributed by atoms with Crippen molar-refractivity contribution in [3.8, 4) is 0 Å². The van der Waals surface area contributed by atoms with Gasteiger partial charge in [0.2, 0.25) is 0 Å². The van der Waals surface area contributed by atoms with E-state index in [-0.39, 0.29) is 24.0 Å². The number of nitrogens with zero attached hydrogens (tertiary/aromatic N) is 1. The number of ketones is 1. The third-order valence-electron chi connectivity index (χ3n) is 3.20. The molecule has 0 N–H and O–H groups in total. The van der Waals surface area contributed by atoms with Gasteiger partial charge >= 0.3 is 0 Å². The van der Waals surface area contributed by atoms with Crippen LogP contribution in [0.15, 0.2) is 0 Å². The van der Waals surface area contributed by atoms with E-state index in [0.717, 1.165) is 17.3 Å². The first-order valence-electron chi connectivity index (χ1n) is 4.89. The van der Waals surface area contributed by atoms with Crippen LogP contribution in [0, 0.1) is 11.8 Å². The molecule has 3 heteroatoms. The van der Waals surface area contributed by atoms with Crippen LogP contribution in [0.4, 0.5) is 0 Å². The van der Waals surface area contributed by atoms with Crippen molar-refractivity contribution in [1.82, 2.24) is 0 Å². The SMILES string of the molecule is C[N+]1(C)C[C@@H]2CC(=O)C[C@@H](C2)C1.[I-]. The molecule has 0 aromatic heterocycles. The van der Waals surface area contributed by atoms with Crippen molar-refractivity contribution < 1.29 is 33.3 Å². The zero-order valence-electron chi connectivity index (χ0n) is 8.42. The number of piperidine rings is 1. The van der Waals surface area contributed by atoms with Gasteiger partial charge < -0.3 is 28.5 Å². The Hall–Kier alpha value is 0.360. The van der Waals surface area contributed by atoms with Gasteiger partial charge in [0.05, 0.1) is 27.2 Å². The lowest BCUT2D eigenvalue weighted by Crippen LogP contribution is -3.00. The summed E-state index contributed by atoms with van der Waals surface area (Å²) in [6.45, 7) is 2.42. The molecule has 13 heavy (non-hydrogen) atoms. The van der Waals surface area contributed by atoms with Crippen molar-refractivity contribution in [2.45, 2.75) is 19.3 Å². The zero-order chi connectivity index (χ0) is 8.77. The predicted octanol–water partition coefficient (Wildman–Crippen LogP) is -1.93. The first-order chi connectivity index (χ1) is 5.55. The molecule has 76 valence electrons. The fourth-order valence-corrected chi connectivity index (χ4v) is 3.12. The number of rotatable bonds is 0. The fourth-order valence-electron chi connectivity index (χ4n) is 3.12. The lowest BCUT2D eigenvalue weighted by molar-refractivity contribution is -0.902. The van der Waals surface area contributed by atoms with Crippen molar-refractivity contribution in [3.63, 3.8) is 0 Å². The standard InChI is InChI=1S/C10H18NO.HI/c1-11(2)6-8-3-9(7-11)5-10(12)4-8;/h8-9H,3-7H2,1-2H3;1H/q+1;/p-1/t8-,9+;. The average Bonchev–Trinajstić information content (AvgIpc) is 1.78. The van der Waals surface area contributed by atoms with Crippen LogP contribution >= 0.6 is 0 Å². The molecule has 1 saturated heterocycles. The Morgan fingerprint density at radius 3 is 2.08 bits per heavy atom. The normalized spacial score (nSPS) is 36.6. The molecular formula is C10H18INO. The first-order valence-corrected chi connectivity index (χ1v) is 4.89. The zero-order valence-corrected chi connectivity index (χ0v) is 10.6. The first kappa shape index (κ1) is 11.4. The molecule has 1 aliphatic heterocycles. The van der Waals surface area contributed by atoms with E-state index in [1.165, 1.54) is 19.5 Å². The second-order valence-electron chi connectivity index (χ2n) is 5.22. The molecule has 2 aliphatic rings. The molecule has 2 bridgehead atoms. The molecule has 1 heterocycles. The Labute approximate surface area is 97.3 Å². The minimum absolute atomic E-state index is 0. The Morgan fingerprint density at radius 2 is 1.62 bits per heavy atom. The molecule has 1 saturated carbocycles. The van der Waals surface area contributed by atoms with Gasteiger partial charge in [0.25, 0.3) is 0 Å². The van der Waals surface area contributed by atoms with Crippen molar-refractivity contribution in [1.29, 1.82) is 0 Å². The molecular weight excluding hydrogens is 277 g/mol. The molecule has 0 amide bonds. The highest BCUT2D eigenvalue weighted by Crippen LogP contribution is 2.34. The van der Waals surface area contributed by atoms with Gasteiger partial charge in [-0.1, -0.05) is 0 Å². The van der Waals surface area contributed by atoms with Gasteiger partial charge in [-0.05, 0) is 6.42 Å². The van der Waals surface area contributed by atoms with Gasteiger partial charge in [-0.25, -0.2) is 0 Å². The van der Waals surface area contributed by atoms with Crippen molar-refractivity contribution in [2.24, 2.45) is 11.8 Å². The summed E-state index contributed by atoms with van der Waals surface area (Å²) in [5.74, 6) is 1.90. The van der Waals surface area contributed by atoms with Crippen LogP contribution in [0.3, 0.4) is 0 Å². The fraction of sp³-hybridized carbons (Fsp3) is 0.900. The maximum absolute atomic E-state index is 11.3. The topological polar surface area (TPSA) is 17.1 Å². The predicted molar refractivity (Wildman–Crippen MR) is 47.7 cm³/mol. The van der Waals surface area contributed by atoms with E-state index in [2.05, 4.69) is 14.1 Å². The van der Waals surface area contributed by atoms with E-state index in [1.54, 1.807) is 0 Å². The Balaban J connectivity index is 0.000000845. The summed E-state index contributed by atoms with van der Waals surface area (Å²) in [7, 11) is 4.57. The summed E-state index contributed by atoms with van der Waals surface area (Å²) in [4.78, 5) is 11.3. The van der Waals surface area contributed by atoms with E-state index in [9.17, 15) is 4.79 Å². The molecule has 0 radical (unpaired) electrons. The molecule has 0 aromatic rings. The third kappa shape index (κ3) is 2.65. The lowest BCUT2D eigenvalue weighted by Gasteiger charge is -2.44. The van der Waals surface area contributed by atoms with Gasteiger partial charge in [0.1, 0.15) is 5.78 Å². The van der Waals surface area contributed by atoms with Crippen LogP contribution < -0.4 is 24.0 Å². The monoisotopic (exact) mass is 295 g/mol. The van der Waals surface area contributed by atoms with Crippen LogP contribution in [0.2, 0.25) is 0 Å². The van der Waals surface area contributed by atoms with Crippen molar-refractivity contribution in [3.05, 3.63) is 0 Å². The average molecular weight is 295 g/mol. The summed E-state index contributed by atoms with van der Waals surface area (Å²) >= 11 is 0. The van der Waals surface area contributed by atoms with E-state index in [1.807, 2.05) is 0 Å². The highest BCUT2D eigenvalue weighted by molar-refractivity contribution is 5.79. The number of carbonyl (C=O) groups excluding carboxylic acids is 1. The number of fused-ring (bicyclic) bond motifs is 2. The highest BCUT2D eigenvalue weighted by atomic mass is 127. The van der Waals surface area contributed by atoms with Gasteiger partial charge in [0.15, 0.2) is 0 Å². The van der Waals surface area contributed by atoms with E-state index in [4.69, 9.17) is 0 Å². The molecule has 0 aromatic carbocycles. The Kier molecular flexibility index (Phi) is 3.38. The molecule has 2 atom stereocenters. The largest absolute Gasteiger partial charge is 1.00 e. The summed E-state index contributed by atoms with van der Waals surface area (Å²) in [5.41, 5.74) is 0. The number of Topliss-reactive ketones (excluding diaryl/α,β-unsaturated/α-hetero) is 1. The Morgan fingerprint density at radius 1 is 1.15 bits per heavy atom. The summed E-state index contributed by atoms with van der Waals surface area (Å²) in [5, 5.41) is 0. The van der Waals surface area contributed by atoms with Crippen LogP contribution in [0.5, 0.6) is 0 Å². The minimum atomic E-state index is 0. The van der Waals surface area contributed by atoms with Crippen LogP contribution in [-0.2, 0) is 4.79 Å². The minimum Gasteiger partial charge on any atom is -1.00 e.